The van der Waals surface area contributed by atoms with E-state index >= 15 is 0 Å². The van der Waals surface area contributed by atoms with Gasteiger partial charge in [-0.25, -0.2) is 4.39 Å². The molecule has 1 N–H and O–H groups in total. The van der Waals surface area contributed by atoms with Crippen LogP contribution >= 0.6 is 0 Å². The molecule has 0 radical (unpaired) electrons. The summed E-state index contributed by atoms with van der Waals surface area (Å²) in [6.07, 6.45) is 2.51. The second-order valence-corrected chi connectivity index (χ2v) is 7.39. The Balaban J connectivity index is 1.76. The van der Waals surface area contributed by atoms with Crippen molar-refractivity contribution in [1.82, 2.24) is 20.0 Å². The molecule has 2 heterocycles. The predicted molar refractivity (Wildman–Crippen MR) is 101 cm³/mol. The predicted octanol–water partition coefficient (Wildman–Crippen LogP) is 2.07. The van der Waals surface area contributed by atoms with Crippen molar-refractivity contribution in [3.8, 4) is 0 Å². The number of benzene rings is 1. The molecule has 1 aliphatic heterocycles. The molecule has 2 aromatic rings. The van der Waals surface area contributed by atoms with Crippen LogP contribution in [0.2, 0.25) is 0 Å². The molecule has 1 saturated heterocycles. The molecule has 2 amide bonds. The van der Waals surface area contributed by atoms with E-state index in [1.54, 1.807) is 23.1 Å². The summed E-state index contributed by atoms with van der Waals surface area (Å²) in [6, 6.07) is 6.42. The van der Waals surface area contributed by atoms with Crippen LogP contribution in [0.3, 0.4) is 0 Å². The second kappa shape index (κ2) is 8.97. The number of nitrogens with zero attached hydrogens (tertiary/aromatic N) is 3. The highest BCUT2D eigenvalue weighted by Gasteiger charge is 2.32. The smallest absolute Gasteiger partial charge is 0.257 e. The second-order valence-electron chi connectivity index (χ2n) is 7.39. The lowest BCUT2D eigenvalue weighted by Crippen LogP contribution is -2.40. The average molecular weight is 388 g/mol. The molecule has 1 aromatic carbocycles. The van der Waals surface area contributed by atoms with E-state index in [4.69, 9.17) is 4.74 Å². The van der Waals surface area contributed by atoms with Crippen LogP contribution in [0.15, 0.2) is 36.7 Å². The topological polar surface area (TPSA) is 78.5 Å². The van der Waals surface area contributed by atoms with Gasteiger partial charge in [0.2, 0.25) is 5.91 Å². The minimum Gasteiger partial charge on any atom is -0.370 e. The van der Waals surface area contributed by atoms with Gasteiger partial charge < -0.3 is 14.5 Å². The molecule has 7 nitrogen and oxygen atoms in total. The van der Waals surface area contributed by atoms with Crippen molar-refractivity contribution in [2.24, 2.45) is 5.92 Å². The zero-order chi connectivity index (χ0) is 20.1. The Bertz CT molecular complexity index is 810. The van der Waals surface area contributed by atoms with E-state index in [-0.39, 0.29) is 43.2 Å². The normalized spacial score (nSPS) is 17.9. The third-order valence-corrected chi connectivity index (χ3v) is 4.58. The summed E-state index contributed by atoms with van der Waals surface area (Å²) in [5.74, 6) is -0.458. The van der Waals surface area contributed by atoms with Crippen LogP contribution in [0.4, 0.5) is 4.39 Å². The van der Waals surface area contributed by atoms with Gasteiger partial charge in [-0.15, -0.1) is 0 Å². The Morgan fingerprint density at radius 2 is 2.14 bits per heavy atom. The number of halogens is 1. The minimum atomic E-state index is -0.416. The molecular formula is C20H25FN4O3. The maximum atomic E-state index is 13.9. The van der Waals surface area contributed by atoms with Crippen LogP contribution < -0.4 is 0 Å². The maximum Gasteiger partial charge on any atom is 0.257 e. The van der Waals surface area contributed by atoms with Crippen molar-refractivity contribution in [2.75, 3.05) is 26.2 Å². The number of hydrogen-bond acceptors (Lipinski definition) is 4. The van der Waals surface area contributed by atoms with Crippen LogP contribution in [0.1, 0.15) is 29.8 Å². The van der Waals surface area contributed by atoms with E-state index in [9.17, 15) is 14.0 Å². The first kappa shape index (κ1) is 20.0. The number of amides is 2. The zero-order valence-corrected chi connectivity index (χ0v) is 16.1. The SMILES string of the molecule is CC(C)CN1CC(OCc2ccccc2F)CN(C(=O)c2cn[nH]c2)CC1=O. The molecule has 28 heavy (non-hydrogen) atoms. The van der Waals surface area contributed by atoms with Gasteiger partial charge in [0, 0.05) is 31.4 Å². The summed E-state index contributed by atoms with van der Waals surface area (Å²) in [4.78, 5) is 28.6. The lowest BCUT2D eigenvalue weighted by molar-refractivity contribution is -0.132. The number of carbonyl (C=O) groups excluding carboxylic acids is 2. The van der Waals surface area contributed by atoms with E-state index in [1.807, 2.05) is 13.8 Å². The van der Waals surface area contributed by atoms with Crippen molar-refractivity contribution in [3.05, 3.63) is 53.6 Å². The Hall–Kier alpha value is -2.74. The van der Waals surface area contributed by atoms with Crippen LogP contribution in [0.5, 0.6) is 0 Å². The Kier molecular flexibility index (Phi) is 6.41. The van der Waals surface area contributed by atoms with E-state index in [0.717, 1.165) is 0 Å². The average Bonchev–Trinajstić information content (AvgIpc) is 3.14. The fourth-order valence-electron chi connectivity index (χ4n) is 3.23. The minimum absolute atomic E-state index is 0.0176. The van der Waals surface area contributed by atoms with Crippen molar-refractivity contribution >= 4 is 11.8 Å². The van der Waals surface area contributed by atoms with Gasteiger partial charge in [-0.1, -0.05) is 32.0 Å². The molecular weight excluding hydrogens is 363 g/mol. The molecule has 1 aliphatic rings. The summed E-state index contributed by atoms with van der Waals surface area (Å²) >= 11 is 0. The van der Waals surface area contributed by atoms with Gasteiger partial charge in [-0.05, 0) is 12.0 Å². The van der Waals surface area contributed by atoms with Crippen molar-refractivity contribution in [1.29, 1.82) is 0 Å². The Morgan fingerprint density at radius 1 is 1.36 bits per heavy atom. The number of aromatic amines is 1. The van der Waals surface area contributed by atoms with Gasteiger partial charge in [-0.2, -0.15) is 5.10 Å². The van der Waals surface area contributed by atoms with Gasteiger partial charge in [0.15, 0.2) is 0 Å². The number of H-pyrrole nitrogens is 1. The molecule has 150 valence electrons. The first-order chi connectivity index (χ1) is 13.4. The monoisotopic (exact) mass is 388 g/mol. The highest BCUT2D eigenvalue weighted by molar-refractivity contribution is 5.96. The third kappa shape index (κ3) is 4.95. The summed E-state index contributed by atoms with van der Waals surface area (Å²) in [7, 11) is 0. The largest absolute Gasteiger partial charge is 0.370 e. The first-order valence-corrected chi connectivity index (χ1v) is 9.35. The summed E-state index contributed by atoms with van der Waals surface area (Å²) in [5.41, 5.74) is 0.833. The number of ether oxygens (including phenoxy) is 1. The molecule has 1 unspecified atom stereocenters. The van der Waals surface area contributed by atoms with Gasteiger partial charge >= 0.3 is 0 Å². The maximum absolute atomic E-state index is 13.9. The molecule has 0 spiro atoms. The Labute approximate surface area is 163 Å². The molecule has 1 fully saturated rings. The number of hydrogen-bond donors (Lipinski definition) is 1. The molecule has 8 heteroatoms. The van der Waals surface area contributed by atoms with Crippen LogP contribution in [0.25, 0.3) is 0 Å². The molecule has 0 bridgehead atoms. The number of aromatic nitrogens is 2. The molecule has 1 aromatic heterocycles. The third-order valence-electron chi connectivity index (χ3n) is 4.58. The number of rotatable bonds is 6. The van der Waals surface area contributed by atoms with Gasteiger partial charge in [0.25, 0.3) is 5.91 Å². The molecule has 0 aliphatic carbocycles. The molecule has 0 saturated carbocycles. The van der Waals surface area contributed by atoms with E-state index in [0.29, 0.717) is 24.2 Å². The van der Waals surface area contributed by atoms with Crippen LogP contribution in [0, 0.1) is 11.7 Å². The zero-order valence-electron chi connectivity index (χ0n) is 16.1. The van der Waals surface area contributed by atoms with Crippen molar-refractivity contribution in [3.63, 3.8) is 0 Å². The fraction of sp³-hybridized carbons (Fsp3) is 0.450. The first-order valence-electron chi connectivity index (χ1n) is 9.35. The van der Waals surface area contributed by atoms with Gasteiger partial charge in [0.1, 0.15) is 12.4 Å². The van der Waals surface area contributed by atoms with Gasteiger partial charge in [0.05, 0.1) is 24.5 Å². The Morgan fingerprint density at radius 3 is 2.82 bits per heavy atom. The van der Waals surface area contributed by atoms with Crippen molar-refractivity contribution in [2.45, 2.75) is 26.6 Å². The van der Waals surface area contributed by atoms with E-state index < -0.39 is 6.10 Å². The standard InChI is InChI=1S/C20H25FN4O3/c1-14(2)9-24-10-17(28-13-15-5-3-4-6-18(15)21)11-25(12-19(24)26)20(27)16-7-22-23-8-16/h3-8,14,17H,9-13H2,1-2H3,(H,22,23). The summed E-state index contributed by atoms with van der Waals surface area (Å²) in [5, 5.41) is 6.41. The van der Waals surface area contributed by atoms with Crippen molar-refractivity contribution < 1.29 is 18.7 Å². The van der Waals surface area contributed by atoms with E-state index in [2.05, 4.69) is 10.2 Å². The summed E-state index contributed by atoms with van der Waals surface area (Å²) < 4.78 is 19.8. The highest BCUT2D eigenvalue weighted by atomic mass is 19.1. The van der Waals surface area contributed by atoms with Crippen LogP contribution in [-0.4, -0.2) is 64.1 Å². The number of carbonyl (C=O) groups is 2. The molecule has 1 atom stereocenters. The lowest BCUT2D eigenvalue weighted by Gasteiger charge is -2.26. The highest BCUT2D eigenvalue weighted by Crippen LogP contribution is 2.16. The molecule has 3 rings (SSSR count). The quantitative estimate of drug-likeness (QED) is 0.822. The van der Waals surface area contributed by atoms with Gasteiger partial charge in [-0.3, -0.25) is 14.7 Å². The lowest BCUT2D eigenvalue weighted by atomic mass is 10.2. The van der Waals surface area contributed by atoms with E-state index in [1.165, 1.54) is 23.4 Å². The summed E-state index contributed by atoms with van der Waals surface area (Å²) in [6.45, 7) is 5.31. The van der Waals surface area contributed by atoms with Crippen LogP contribution in [-0.2, 0) is 16.1 Å². The number of nitrogens with one attached hydrogen (secondary N) is 1. The fourth-order valence-corrected chi connectivity index (χ4v) is 3.23.